The summed E-state index contributed by atoms with van der Waals surface area (Å²) in [5.74, 6) is 0. The molecule has 0 bridgehead atoms. The van der Waals surface area contributed by atoms with Crippen molar-refractivity contribution in [2.45, 2.75) is 10.1 Å². The fraction of sp³-hybridized carbons (Fsp3) is 0. The Bertz CT molecular complexity index is 521. The molecule has 2 heterocycles. The maximum absolute atomic E-state index is 6.05. The van der Waals surface area contributed by atoms with E-state index in [1.807, 2.05) is 0 Å². The van der Waals surface area contributed by atoms with Crippen molar-refractivity contribution >= 4 is 45.0 Å². The van der Waals surface area contributed by atoms with E-state index in [2.05, 4.69) is 25.9 Å². The first-order valence-corrected chi connectivity index (χ1v) is 6.35. The van der Waals surface area contributed by atoms with Gasteiger partial charge in [-0.25, -0.2) is 9.97 Å². The van der Waals surface area contributed by atoms with Crippen LogP contribution in [0.5, 0.6) is 0 Å². The average Bonchev–Trinajstić information content (AvgIpc) is 2.25. The number of rotatable bonds is 2. The lowest BCUT2D eigenvalue weighted by molar-refractivity contribution is 1.09. The molecule has 6 heteroatoms. The molecule has 0 aliphatic carbocycles. The Hall–Kier alpha value is -0.780. The molecule has 2 N–H and O–H groups in total. The number of halogens is 2. The summed E-state index contributed by atoms with van der Waals surface area (Å²) in [5.41, 5.74) is 6.40. The van der Waals surface area contributed by atoms with E-state index in [0.717, 1.165) is 4.47 Å². The molecule has 0 aromatic carbocycles. The number of hydrogen-bond donors (Lipinski definition) is 1. The smallest absolute Gasteiger partial charge is 0.125 e. The monoisotopic (exact) mass is 315 g/mol. The summed E-state index contributed by atoms with van der Waals surface area (Å²) in [7, 11) is 0. The van der Waals surface area contributed by atoms with Crippen LogP contribution in [0, 0.1) is 0 Å². The van der Waals surface area contributed by atoms with Crippen LogP contribution in [0.2, 0.25) is 5.02 Å². The van der Waals surface area contributed by atoms with Crippen molar-refractivity contribution in [1.82, 2.24) is 9.97 Å². The number of nitrogens with zero attached hydrogens (tertiary/aromatic N) is 2. The minimum absolute atomic E-state index is 0.574. The molecule has 0 saturated heterocycles. The third-order valence-electron chi connectivity index (χ3n) is 1.77. The highest BCUT2D eigenvalue weighted by molar-refractivity contribution is 9.10. The lowest BCUT2D eigenvalue weighted by Crippen LogP contribution is -1.91. The van der Waals surface area contributed by atoms with Gasteiger partial charge in [0.25, 0.3) is 0 Å². The second-order valence-corrected chi connectivity index (χ2v) is 5.24. The van der Waals surface area contributed by atoms with Crippen LogP contribution in [-0.2, 0) is 0 Å². The minimum atomic E-state index is 0.574. The van der Waals surface area contributed by atoms with E-state index in [-0.39, 0.29) is 0 Å². The largest absolute Gasteiger partial charge is 0.397 e. The van der Waals surface area contributed by atoms with E-state index in [1.165, 1.54) is 11.8 Å². The first kappa shape index (κ1) is 11.7. The summed E-state index contributed by atoms with van der Waals surface area (Å²) in [4.78, 5) is 8.37. The number of pyridine rings is 2. The van der Waals surface area contributed by atoms with Gasteiger partial charge >= 0.3 is 0 Å². The SMILES string of the molecule is Nc1cccnc1Sc1ncc(Br)cc1Cl. The standard InChI is InChI=1S/C10H7BrClN3S/c11-6-4-7(12)9(15-5-6)16-10-8(13)2-1-3-14-10/h1-5H,13H2. The highest BCUT2D eigenvalue weighted by atomic mass is 79.9. The van der Waals surface area contributed by atoms with Gasteiger partial charge < -0.3 is 5.73 Å². The predicted octanol–water partition coefficient (Wildman–Crippen LogP) is 3.63. The number of nitrogen functional groups attached to an aromatic ring is 1. The molecule has 0 fully saturated rings. The molecule has 2 rings (SSSR count). The van der Waals surface area contributed by atoms with E-state index in [1.54, 1.807) is 30.6 Å². The topological polar surface area (TPSA) is 51.8 Å². The maximum atomic E-state index is 6.05. The van der Waals surface area contributed by atoms with Crippen molar-refractivity contribution in [3.05, 3.63) is 40.1 Å². The number of anilines is 1. The van der Waals surface area contributed by atoms with E-state index < -0.39 is 0 Å². The van der Waals surface area contributed by atoms with Crippen LogP contribution >= 0.6 is 39.3 Å². The van der Waals surface area contributed by atoms with Gasteiger partial charge in [-0.3, -0.25) is 0 Å². The van der Waals surface area contributed by atoms with Gasteiger partial charge in [-0.1, -0.05) is 11.6 Å². The van der Waals surface area contributed by atoms with Crippen LogP contribution in [0.15, 0.2) is 45.1 Å². The summed E-state index contributed by atoms with van der Waals surface area (Å²) in [6.07, 6.45) is 3.37. The quantitative estimate of drug-likeness (QED) is 0.919. The van der Waals surface area contributed by atoms with Crippen molar-refractivity contribution in [2.24, 2.45) is 0 Å². The van der Waals surface area contributed by atoms with Crippen LogP contribution in [0.3, 0.4) is 0 Å². The Morgan fingerprint density at radius 2 is 2.12 bits per heavy atom. The first-order chi connectivity index (χ1) is 7.66. The molecule has 2 aromatic heterocycles. The number of hydrogen-bond acceptors (Lipinski definition) is 4. The second kappa shape index (κ2) is 5.03. The summed E-state index contributed by atoms with van der Waals surface area (Å²) in [6.45, 7) is 0. The highest BCUT2D eigenvalue weighted by Gasteiger charge is 2.08. The maximum Gasteiger partial charge on any atom is 0.125 e. The molecule has 82 valence electrons. The van der Waals surface area contributed by atoms with Gasteiger partial charge in [0.05, 0.1) is 10.7 Å². The van der Waals surface area contributed by atoms with E-state index in [9.17, 15) is 0 Å². The fourth-order valence-electron chi connectivity index (χ4n) is 1.06. The molecule has 0 aliphatic heterocycles. The van der Waals surface area contributed by atoms with Gasteiger partial charge in [0.15, 0.2) is 0 Å². The summed E-state index contributed by atoms with van der Waals surface area (Å²) >= 11 is 10.7. The number of nitrogens with two attached hydrogens (primary N) is 1. The Kier molecular flexibility index (Phi) is 3.68. The normalized spacial score (nSPS) is 10.4. The molecule has 0 spiro atoms. The zero-order valence-corrected chi connectivity index (χ0v) is 11.2. The predicted molar refractivity (Wildman–Crippen MR) is 69.7 cm³/mol. The third kappa shape index (κ3) is 2.66. The van der Waals surface area contributed by atoms with E-state index in [4.69, 9.17) is 17.3 Å². The molecule has 0 amide bonds. The molecule has 2 aromatic rings. The van der Waals surface area contributed by atoms with Crippen molar-refractivity contribution in [2.75, 3.05) is 5.73 Å². The molecule has 0 radical (unpaired) electrons. The Morgan fingerprint density at radius 3 is 2.81 bits per heavy atom. The average molecular weight is 317 g/mol. The van der Waals surface area contributed by atoms with Crippen LogP contribution in [0.25, 0.3) is 0 Å². The van der Waals surface area contributed by atoms with Crippen LogP contribution in [-0.4, -0.2) is 9.97 Å². The van der Waals surface area contributed by atoms with Gasteiger partial charge in [0.2, 0.25) is 0 Å². The zero-order valence-electron chi connectivity index (χ0n) is 8.02. The van der Waals surface area contributed by atoms with Crippen molar-refractivity contribution in [3.63, 3.8) is 0 Å². The molecular formula is C10H7BrClN3S. The third-order valence-corrected chi connectivity index (χ3v) is 3.65. The first-order valence-electron chi connectivity index (χ1n) is 4.36. The lowest BCUT2D eigenvalue weighted by atomic mass is 10.4. The second-order valence-electron chi connectivity index (χ2n) is 2.94. The summed E-state index contributed by atoms with van der Waals surface area (Å²) in [6, 6.07) is 5.37. The van der Waals surface area contributed by atoms with E-state index >= 15 is 0 Å². The van der Waals surface area contributed by atoms with Gasteiger partial charge in [0, 0.05) is 16.9 Å². The van der Waals surface area contributed by atoms with Crippen molar-refractivity contribution in [1.29, 1.82) is 0 Å². The van der Waals surface area contributed by atoms with Gasteiger partial charge in [-0.2, -0.15) is 0 Å². The molecule has 0 unspecified atom stereocenters. The van der Waals surface area contributed by atoms with E-state index in [0.29, 0.717) is 20.8 Å². The van der Waals surface area contributed by atoms with Crippen LogP contribution in [0.1, 0.15) is 0 Å². The van der Waals surface area contributed by atoms with Gasteiger partial charge in [-0.05, 0) is 45.9 Å². The summed E-state index contributed by atoms with van der Waals surface area (Å²) < 4.78 is 0.843. The fourth-order valence-corrected chi connectivity index (χ4v) is 2.55. The lowest BCUT2D eigenvalue weighted by Gasteiger charge is -2.04. The Labute approximate surface area is 111 Å². The zero-order chi connectivity index (χ0) is 11.5. The molecule has 0 aliphatic rings. The van der Waals surface area contributed by atoms with Crippen LogP contribution < -0.4 is 5.73 Å². The molecule has 16 heavy (non-hydrogen) atoms. The van der Waals surface area contributed by atoms with Crippen molar-refractivity contribution in [3.8, 4) is 0 Å². The molecule has 3 nitrogen and oxygen atoms in total. The minimum Gasteiger partial charge on any atom is -0.397 e. The van der Waals surface area contributed by atoms with Crippen LogP contribution in [0.4, 0.5) is 5.69 Å². The van der Waals surface area contributed by atoms with Gasteiger partial charge in [-0.15, -0.1) is 0 Å². The Balaban J connectivity index is 2.31. The molecular weight excluding hydrogens is 310 g/mol. The molecule has 0 atom stereocenters. The number of aromatic nitrogens is 2. The van der Waals surface area contributed by atoms with Gasteiger partial charge in [0.1, 0.15) is 10.1 Å². The summed E-state index contributed by atoms with van der Waals surface area (Å²) in [5, 5.41) is 1.97. The van der Waals surface area contributed by atoms with Crippen molar-refractivity contribution < 1.29 is 0 Å². The Morgan fingerprint density at radius 1 is 1.31 bits per heavy atom. The highest BCUT2D eigenvalue weighted by Crippen LogP contribution is 2.34. The molecule has 0 saturated carbocycles.